The van der Waals surface area contributed by atoms with Gasteiger partial charge in [0, 0.05) is 23.9 Å². The largest absolute Gasteiger partial charge is 0.493 e. The van der Waals surface area contributed by atoms with E-state index in [0.29, 0.717) is 19.0 Å². The van der Waals surface area contributed by atoms with E-state index in [9.17, 15) is 0 Å². The van der Waals surface area contributed by atoms with Gasteiger partial charge in [-0.1, -0.05) is 18.2 Å². The van der Waals surface area contributed by atoms with Crippen molar-refractivity contribution in [2.45, 2.75) is 18.9 Å². The molecule has 5 heteroatoms. The predicted octanol–water partition coefficient (Wildman–Crippen LogP) is 1.43. The second-order valence-electron chi connectivity index (χ2n) is 4.57. The van der Waals surface area contributed by atoms with E-state index in [2.05, 4.69) is 16.0 Å². The molecule has 0 aliphatic carbocycles. The van der Waals surface area contributed by atoms with Crippen LogP contribution in [0.1, 0.15) is 29.3 Å². The monoisotopic (exact) mass is 256 g/mol. The molecule has 0 amide bonds. The van der Waals surface area contributed by atoms with Gasteiger partial charge in [0.1, 0.15) is 17.4 Å². The number of nitrogens with zero attached hydrogens (tertiary/aromatic N) is 2. The Morgan fingerprint density at radius 2 is 2.16 bits per heavy atom. The van der Waals surface area contributed by atoms with Crippen molar-refractivity contribution >= 4 is 5.82 Å². The molecule has 1 aliphatic heterocycles. The molecule has 0 spiro atoms. The summed E-state index contributed by atoms with van der Waals surface area (Å²) in [5.41, 5.74) is 13.4. The van der Waals surface area contributed by atoms with E-state index in [1.165, 1.54) is 0 Å². The van der Waals surface area contributed by atoms with Crippen molar-refractivity contribution in [1.82, 2.24) is 9.97 Å². The number of hydrogen-bond donors (Lipinski definition) is 2. The molecular formula is C14H16N4O. The number of benzene rings is 1. The summed E-state index contributed by atoms with van der Waals surface area (Å²) in [5.74, 6) is 2.25. The number of para-hydroxylation sites is 1. The summed E-state index contributed by atoms with van der Waals surface area (Å²) in [5, 5.41) is 0. The highest BCUT2D eigenvalue weighted by Crippen LogP contribution is 2.36. The van der Waals surface area contributed by atoms with Crippen molar-refractivity contribution in [3.8, 4) is 5.75 Å². The highest BCUT2D eigenvalue weighted by Gasteiger charge is 2.25. The molecular weight excluding hydrogens is 240 g/mol. The van der Waals surface area contributed by atoms with Crippen LogP contribution in [0.2, 0.25) is 0 Å². The number of anilines is 1. The number of ether oxygens (including phenoxy) is 1. The lowest BCUT2D eigenvalue weighted by Gasteiger charge is -2.25. The van der Waals surface area contributed by atoms with Crippen LogP contribution in [0, 0.1) is 0 Å². The van der Waals surface area contributed by atoms with Crippen molar-refractivity contribution in [2.75, 3.05) is 12.3 Å². The van der Waals surface area contributed by atoms with Crippen LogP contribution in [0.5, 0.6) is 5.75 Å². The third-order valence-corrected chi connectivity index (χ3v) is 3.41. The van der Waals surface area contributed by atoms with Crippen LogP contribution < -0.4 is 16.2 Å². The SMILES string of the molecule is NCc1cnc(C2CCOc3ccccc32)nc1N. The van der Waals surface area contributed by atoms with Gasteiger partial charge in [0.2, 0.25) is 0 Å². The van der Waals surface area contributed by atoms with Gasteiger partial charge in [0.15, 0.2) is 0 Å². The minimum Gasteiger partial charge on any atom is -0.493 e. The Hall–Kier alpha value is -2.14. The Balaban J connectivity index is 2.02. The van der Waals surface area contributed by atoms with Gasteiger partial charge in [-0.3, -0.25) is 0 Å². The molecule has 0 saturated carbocycles. The number of hydrogen-bond acceptors (Lipinski definition) is 5. The highest BCUT2D eigenvalue weighted by atomic mass is 16.5. The first-order valence-corrected chi connectivity index (χ1v) is 6.32. The average Bonchev–Trinajstić information content (AvgIpc) is 2.46. The molecule has 2 aromatic rings. The van der Waals surface area contributed by atoms with Crippen LogP contribution >= 0.6 is 0 Å². The fourth-order valence-corrected chi connectivity index (χ4v) is 2.37. The third kappa shape index (κ3) is 2.13. The zero-order chi connectivity index (χ0) is 13.2. The Kier molecular flexibility index (Phi) is 3.05. The first kappa shape index (κ1) is 11.9. The van der Waals surface area contributed by atoms with E-state index in [1.54, 1.807) is 6.20 Å². The smallest absolute Gasteiger partial charge is 0.138 e. The number of rotatable bonds is 2. The molecule has 0 radical (unpaired) electrons. The zero-order valence-corrected chi connectivity index (χ0v) is 10.5. The lowest BCUT2D eigenvalue weighted by Crippen LogP contribution is -2.18. The van der Waals surface area contributed by atoms with Crippen LogP contribution in [0.15, 0.2) is 30.5 Å². The molecule has 1 atom stereocenters. The predicted molar refractivity (Wildman–Crippen MR) is 72.7 cm³/mol. The summed E-state index contributed by atoms with van der Waals surface area (Å²) < 4.78 is 5.64. The van der Waals surface area contributed by atoms with E-state index in [-0.39, 0.29) is 5.92 Å². The quantitative estimate of drug-likeness (QED) is 0.848. The van der Waals surface area contributed by atoms with Crippen molar-refractivity contribution in [1.29, 1.82) is 0 Å². The van der Waals surface area contributed by atoms with Gasteiger partial charge in [0.25, 0.3) is 0 Å². The van der Waals surface area contributed by atoms with Crippen LogP contribution in [0.3, 0.4) is 0 Å². The molecule has 2 heterocycles. The standard InChI is InChI=1S/C14H16N4O/c15-7-9-8-17-14(18-13(9)16)11-5-6-19-12-4-2-1-3-10(11)12/h1-4,8,11H,5-7,15H2,(H2,16,17,18). The Morgan fingerprint density at radius 1 is 1.32 bits per heavy atom. The molecule has 3 rings (SSSR count). The first-order chi connectivity index (χ1) is 9.29. The second-order valence-corrected chi connectivity index (χ2v) is 4.57. The molecule has 1 unspecified atom stereocenters. The minimum absolute atomic E-state index is 0.138. The van der Waals surface area contributed by atoms with Gasteiger partial charge in [-0.25, -0.2) is 9.97 Å². The second kappa shape index (κ2) is 4.85. The molecule has 4 N–H and O–H groups in total. The summed E-state index contributed by atoms with van der Waals surface area (Å²) >= 11 is 0. The van der Waals surface area contributed by atoms with E-state index >= 15 is 0 Å². The number of nitrogens with two attached hydrogens (primary N) is 2. The number of fused-ring (bicyclic) bond motifs is 1. The van der Waals surface area contributed by atoms with Gasteiger partial charge in [0.05, 0.1) is 12.5 Å². The van der Waals surface area contributed by atoms with Crippen LogP contribution in [-0.2, 0) is 6.54 Å². The van der Waals surface area contributed by atoms with Gasteiger partial charge in [-0.05, 0) is 12.5 Å². The summed E-state index contributed by atoms with van der Waals surface area (Å²) in [4.78, 5) is 8.80. The Bertz CT molecular complexity index is 600. The molecule has 1 aromatic heterocycles. The molecule has 1 aromatic carbocycles. The summed E-state index contributed by atoms with van der Waals surface area (Å²) in [6, 6.07) is 7.99. The average molecular weight is 256 g/mol. The van der Waals surface area contributed by atoms with Crippen LogP contribution in [0.25, 0.3) is 0 Å². The maximum absolute atomic E-state index is 5.90. The lowest BCUT2D eigenvalue weighted by atomic mass is 9.92. The van der Waals surface area contributed by atoms with Crippen LogP contribution in [-0.4, -0.2) is 16.6 Å². The van der Waals surface area contributed by atoms with E-state index in [4.69, 9.17) is 16.2 Å². The first-order valence-electron chi connectivity index (χ1n) is 6.32. The minimum atomic E-state index is 0.138. The van der Waals surface area contributed by atoms with Gasteiger partial charge >= 0.3 is 0 Å². The fourth-order valence-electron chi connectivity index (χ4n) is 2.37. The Morgan fingerprint density at radius 3 is 2.95 bits per heavy atom. The van der Waals surface area contributed by atoms with E-state index in [1.807, 2.05) is 18.2 Å². The van der Waals surface area contributed by atoms with Crippen molar-refractivity contribution in [3.05, 3.63) is 47.4 Å². The van der Waals surface area contributed by atoms with Crippen molar-refractivity contribution in [2.24, 2.45) is 5.73 Å². The zero-order valence-electron chi connectivity index (χ0n) is 10.5. The molecule has 5 nitrogen and oxygen atoms in total. The van der Waals surface area contributed by atoms with Gasteiger partial charge < -0.3 is 16.2 Å². The summed E-state index contributed by atoms with van der Waals surface area (Å²) in [7, 11) is 0. The van der Waals surface area contributed by atoms with E-state index in [0.717, 1.165) is 29.1 Å². The molecule has 98 valence electrons. The van der Waals surface area contributed by atoms with Crippen molar-refractivity contribution < 1.29 is 4.74 Å². The maximum Gasteiger partial charge on any atom is 0.138 e. The number of aromatic nitrogens is 2. The van der Waals surface area contributed by atoms with Crippen molar-refractivity contribution in [3.63, 3.8) is 0 Å². The van der Waals surface area contributed by atoms with E-state index < -0.39 is 0 Å². The summed E-state index contributed by atoms with van der Waals surface area (Å²) in [6.45, 7) is 1.03. The number of nitrogen functional groups attached to an aromatic ring is 1. The normalized spacial score (nSPS) is 17.6. The Labute approximate surface area is 111 Å². The molecule has 0 bridgehead atoms. The highest BCUT2D eigenvalue weighted by molar-refractivity contribution is 5.43. The molecule has 0 saturated heterocycles. The van der Waals surface area contributed by atoms with Gasteiger partial charge in [-0.2, -0.15) is 0 Å². The molecule has 0 fully saturated rings. The summed E-state index contributed by atoms with van der Waals surface area (Å²) in [6.07, 6.45) is 2.58. The molecule has 1 aliphatic rings. The van der Waals surface area contributed by atoms with Crippen LogP contribution in [0.4, 0.5) is 5.82 Å². The topological polar surface area (TPSA) is 87.0 Å². The third-order valence-electron chi connectivity index (χ3n) is 3.41. The van der Waals surface area contributed by atoms with Gasteiger partial charge in [-0.15, -0.1) is 0 Å². The maximum atomic E-state index is 5.90. The molecule has 19 heavy (non-hydrogen) atoms. The lowest BCUT2D eigenvalue weighted by molar-refractivity contribution is 0.274. The fraction of sp³-hybridized carbons (Fsp3) is 0.286.